The zero-order chi connectivity index (χ0) is 20.8. The molecule has 1 aromatic rings. The normalized spacial score (nSPS) is 24.4. The minimum Gasteiger partial charge on any atom is -0.469 e. The van der Waals surface area contributed by atoms with Gasteiger partial charge in [-0.25, -0.2) is 0 Å². The topological polar surface area (TPSA) is 92.3 Å². The summed E-state index contributed by atoms with van der Waals surface area (Å²) in [4.78, 5) is 30.6. The molecule has 0 radical (unpaired) electrons. The van der Waals surface area contributed by atoms with Crippen LogP contribution in [0, 0.1) is 11.8 Å². The third-order valence-corrected chi connectivity index (χ3v) is 5.49. The molecule has 8 nitrogen and oxygen atoms in total. The summed E-state index contributed by atoms with van der Waals surface area (Å²) in [5.74, 6) is 0.540. The molecule has 2 heterocycles. The van der Waals surface area contributed by atoms with Crippen molar-refractivity contribution in [3.63, 3.8) is 0 Å². The summed E-state index contributed by atoms with van der Waals surface area (Å²) in [6.07, 6.45) is 1.34. The monoisotopic (exact) mass is 402 g/mol. The number of nitrogens with zero attached hydrogens (tertiary/aromatic N) is 2. The van der Waals surface area contributed by atoms with Gasteiger partial charge in [-0.05, 0) is 36.5 Å². The average molecular weight is 402 g/mol. The number of carbonyl (C=O) groups is 2. The Labute approximate surface area is 171 Å². The van der Waals surface area contributed by atoms with Crippen molar-refractivity contribution < 1.29 is 19.1 Å². The molecule has 1 aromatic carbocycles. The van der Waals surface area contributed by atoms with E-state index in [0.717, 1.165) is 36.6 Å². The number of carbonyl (C=O) groups excluding carboxylic acids is 2. The Hall–Kier alpha value is -2.61. The number of methoxy groups -OCH3 is 1. The third-order valence-electron chi connectivity index (χ3n) is 5.49. The first-order valence-corrected chi connectivity index (χ1v) is 10.1. The number of rotatable bonds is 5. The van der Waals surface area contributed by atoms with Crippen LogP contribution in [-0.4, -0.2) is 62.7 Å². The summed E-state index contributed by atoms with van der Waals surface area (Å²) in [5, 5.41) is 6.28. The smallest absolute Gasteiger partial charge is 0.310 e. The number of guanidine groups is 1. The zero-order valence-electron chi connectivity index (χ0n) is 17.3. The lowest BCUT2D eigenvalue weighted by molar-refractivity contribution is -0.146. The van der Waals surface area contributed by atoms with Crippen molar-refractivity contribution in [3.05, 3.63) is 29.8 Å². The van der Waals surface area contributed by atoms with Crippen molar-refractivity contribution in [1.82, 2.24) is 10.2 Å². The number of likely N-dealkylation sites (tertiary alicyclic amines) is 1. The molecule has 29 heavy (non-hydrogen) atoms. The van der Waals surface area contributed by atoms with E-state index in [4.69, 9.17) is 9.47 Å². The molecule has 158 valence electrons. The molecule has 8 heteroatoms. The van der Waals surface area contributed by atoms with Gasteiger partial charge in [-0.2, -0.15) is 0 Å². The highest BCUT2D eigenvalue weighted by atomic mass is 16.5. The second-order valence-electron chi connectivity index (χ2n) is 7.60. The zero-order valence-corrected chi connectivity index (χ0v) is 17.3. The van der Waals surface area contributed by atoms with E-state index in [2.05, 4.69) is 27.4 Å². The van der Waals surface area contributed by atoms with Crippen LogP contribution in [-0.2, 0) is 25.6 Å². The minimum atomic E-state index is -0.351. The number of hydrogen-bond donors (Lipinski definition) is 2. The second-order valence-corrected chi connectivity index (χ2v) is 7.60. The van der Waals surface area contributed by atoms with Gasteiger partial charge in [0.05, 0.1) is 13.0 Å². The molecular formula is C21H30N4O4. The van der Waals surface area contributed by atoms with E-state index in [9.17, 15) is 9.59 Å². The van der Waals surface area contributed by atoms with Crippen LogP contribution in [0.2, 0.25) is 0 Å². The summed E-state index contributed by atoms with van der Waals surface area (Å²) in [6.45, 7) is 4.59. The number of esters is 1. The predicted molar refractivity (Wildman–Crippen MR) is 110 cm³/mol. The standard InChI is InChI=1S/C21H30N4O4/c1-14-12-25(13-17(14)20(27)28-3)21(22-2)23-11-15-6-4-7-16(10-15)24-19(26)18-8-5-9-29-18/h4,6-7,10,14,17-18H,5,8-9,11-13H2,1-3H3,(H,22,23)(H,24,26). The molecular weight excluding hydrogens is 372 g/mol. The first kappa shape index (κ1) is 21.1. The third kappa shape index (κ3) is 5.26. The maximum Gasteiger partial charge on any atom is 0.310 e. The van der Waals surface area contributed by atoms with Crippen molar-refractivity contribution in [3.8, 4) is 0 Å². The molecule has 0 spiro atoms. The Balaban J connectivity index is 1.56. The van der Waals surface area contributed by atoms with Crippen molar-refractivity contribution in [1.29, 1.82) is 0 Å². The number of hydrogen-bond acceptors (Lipinski definition) is 5. The Bertz CT molecular complexity index is 761. The highest BCUT2D eigenvalue weighted by Crippen LogP contribution is 2.24. The van der Waals surface area contributed by atoms with Gasteiger partial charge in [0.25, 0.3) is 5.91 Å². The molecule has 0 saturated carbocycles. The largest absolute Gasteiger partial charge is 0.469 e. The van der Waals surface area contributed by atoms with E-state index < -0.39 is 0 Å². The first-order chi connectivity index (χ1) is 14.0. The van der Waals surface area contributed by atoms with Gasteiger partial charge in [-0.1, -0.05) is 19.1 Å². The maximum atomic E-state index is 12.2. The van der Waals surface area contributed by atoms with E-state index in [1.807, 2.05) is 24.3 Å². The number of aliphatic imine (C=N–C) groups is 1. The number of anilines is 1. The molecule has 3 rings (SSSR count). The predicted octanol–water partition coefficient (Wildman–Crippen LogP) is 1.62. The molecule has 3 unspecified atom stereocenters. The van der Waals surface area contributed by atoms with Gasteiger partial charge in [0.2, 0.25) is 0 Å². The van der Waals surface area contributed by atoms with Gasteiger partial charge < -0.3 is 25.0 Å². The molecule has 0 aliphatic carbocycles. The van der Waals surface area contributed by atoms with Crippen LogP contribution < -0.4 is 10.6 Å². The summed E-state index contributed by atoms with van der Waals surface area (Å²) < 4.78 is 10.3. The molecule has 2 saturated heterocycles. The summed E-state index contributed by atoms with van der Waals surface area (Å²) in [5.41, 5.74) is 1.77. The lowest BCUT2D eigenvalue weighted by Gasteiger charge is -2.21. The van der Waals surface area contributed by atoms with Gasteiger partial charge in [-0.15, -0.1) is 0 Å². The fourth-order valence-corrected chi connectivity index (χ4v) is 3.88. The molecule has 2 aliphatic rings. The molecule has 2 N–H and O–H groups in total. The van der Waals surface area contributed by atoms with Crippen molar-refractivity contribution in [2.24, 2.45) is 16.8 Å². The molecule has 0 aromatic heterocycles. The number of amides is 1. The van der Waals surface area contributed by atoms with Crippen LogP contribution in [0.5, 0.6) is 0 Å². The molecule has 2 aliphatic heterocycles. The van der Waals surface area contributed by atoms with Crippen LogP contribution in [0.25, 0.3) is 0 Å². The molecule has 0 bridgehead atoms. The Morgan fingerprint density at radius 2 is 2.17 bits per heavy atom. The van der Waals surface area contributed by atoms with Crippen molar-refractivity contribution in [2.45, 2.75) is 32.4 Å². The first-order valence-electron chi connectivity index (χ1n) is 10.1. The van der Waals surface area contributed by atoms with Crippen molar-refractivity contribution in [2.75, 3.05) is 39.2 Å². The lowest BCUT2D eigenvalue weighted by Crippen LogP contribution is -2.40. The van der Waals surface area contributed by atoms with Gasteiger partial charge >= 0.3 is 5.97 Å². The minimum absolute atomic E-state index is 0.0941. The Kier molecular flexibility index (Phi) is 7.09. The van der Waals surface area contributed by atoms with E-state index in [0.29, 0.717) is 19.7 Å². The van der Waals surface area contributed by atoms with Crippen molar-refractivity contribution >= 4 is 23.5 Å². The van der Waals surface area contributed by atoms with E-state index in [1.54, 1.807) is 7.05 Å². The fraction of sp³-hybridized carbons (Fsp3) is 0.571. The molecule has 2 fully saturated rings. The number of nitrogens with one attached hydrogen (secondary N) is 2. The second kappa shape index (κ2) is 9.73. The highest BCUT2D eigenvalue weighted by Gasteiger charge is 2.36. The van der Waals surface area contributed by atoms with Crippen LogP contribution in [0.4, 0.5) is 5.69 Å². The van der Waals surface area contributed by atoms with Crippen LogP contribution >= 0.6 is 0 Å². The van der Waals surface area contributed by atoms with Gasteiger partial charge in [0.15, 0.2) is 5.96 Å². The molecule has 3 atom stereocenters. The summed E-state index contributed by atoms with van der Waals surface area (Å²) in [7, 11) is 3.16. The quantitative estimate of drug-likeness (QED) is 0.442. The lowest BCUT2D eigenvalue weighted by atomic mass is 9.99. The van der Waals surface area contributed by atoms with E-state index >= 15 is 0 Å². The van der Waals surface area contributed by atoms with Gasteiger partial charge in [0, 0.05) is 39.0 Å². The van der Waals surface area contributed by atoms with Crippen LogP contribution in [0.3, 0.4) is 0 Å². The number of benzene rings is 1. The van der Waals surface area contributed by atoms with E-state index in [-0.39, 0.29) is 29.8 Å². The van der Waals surface area contributed by atoms with E-state index in [1.165, 1.54) is 7.11 Å². The van der Waals surface area contributed by atoms with Gasteiger partial charge in [-0.3, -0.25) is 14.6 Å². The molecule has 1 amide bonds. The van der Waals surface area contributed by atoms with Gasteiger partial charge in [0.1, 0.15) is 6.10 Å². The number of ether oxygens (including phenoxy) is 2. The SMILES string of the molecule is CN=C(NCc1cccc(NC(=O)C2CCCO2)c1)N1CC(C)C(C(=O)OC)C1. The Morgan fingerprint density at radius 3 is 2.86 bits per heavy atom. The summed E-state index contributed by atoms with van der Waals surface area (Å²) in [6, 6.07) is 7.72. The van der Waals surface area contributed by atoms with Crippen LogP contribution in [0.1, 0.15) is 25.3 Å². The average Bonchev–Trinajstić information content (AvgIpc) is 3.38. The summed E-state index contributed by atoms with van der Waals surface area (Å²) >= 11 is 0. The Morgan fingerprint density at radius 1 is 1.34 bits per heavy atom. The maximum absolute atomic E-state index is 12.2. The van der Waals surface area contributed by atoms with Crippen LogP contribution in [0.15, 0.2) is 29.3 Å². The fourth-order valence-electron chi connectivity index (χ4n) is 3.88. The highest BCUT2D eigenvalue weighted by molar-refractivity contribution is 5.94.